The summed E-state index contributed by atoms with van der Waals surface area (Å²) >= 11 is 0. The summed E-state index contributed by atoms with van der Waals surface area (Å²) in [5, 5.41) is 12.9. The number of aromatic nitrogens is 2. The second-order valence-corrected chi connectivity index (χ2v) is 5.86. The van der Waals surface area contributed by atoms with E-state index < -0.39 is 12.1 Å². The Bertz CT molecular complexity index is 857. The highest BCUT2D eigenvalue weighted by atomic mass is 16.5. The molecule has 2 aromatic rings. The van der Waals surface area contributed by atoms with Crippen molar-refractivity contribution in [2.75, 3.05) is 25.9 Å². The van der Waals surface area contributed by atoms with Gasteiger partial charge in [-0.05, 0) is 31.5 Å². The van der Waals surface area contributed by atoms with Gasteiger partial charge in [-0.2, -0.15) is 5.10 Å². The molecule has 1 fully saturated rings. The van der Waals surface area contributed by atoms with Gasteiger partial charge in [-0.25, -0.2) is 9.48 Å². The summed E-state index contributed by atoms with van der Waals surface area (Å²) in [7, 11) is 1.69. The molecule has 1 amide bonds. The molecule has 8 nitrogen and oxygen atoms in total. The van der Waals surface area contributed by atoms with Crippen LogP contribution in [0.4, 0.5) is 5.69 Å². The number of amides is 1. The van der Waals surface area contributed by atoms with Gasteiger partial charge in [-0.3, -0.25) is 4.79 Å². The third-order valence-electron chi connectivity index (χ3n) is 3.89. The average Bonchev–Trinajstić information content (AvgIpc) is 3.20. The van der Waals surface area contributed by atoms with Gasteiger partial charge in [0, 0.05) is 19.2 Å². The molecule has 0 bridgehead atoms. The molecule has 1 aliphatic heterocycles. The van der Waals surface area contributed by atoms with Crippen molar-refractivity contribution in [3.05, 3.63) is 41.7 Å². The summed E-state index contributed by atoms with van der Waals surface area (Å²) in [5.41, 5.74) is 7.59. The summed E-state index contributed by atoms with van der Waals surface area (Å²) in [5.74, 6) is 1.85. The number of aliphatic hydroxyl groups excluding tert-OH is 1. The largest absolute Gasteiger partial charge is 0.461 e. The van der Waals surface area contributed by atoms with E-state index in [1.54, 1.807) is 26.2 Å². The predicted molar refractivity (Wildman–Crippen MR) is 100 cm³/mol. The second kappa shape index (κ2) is 8.87. The third-order valence-corrected chi connectivity index (χ3v) is 3.89. The highest BCUT2D eigenvalue weighted by molar-refractivity contribution is 5.92. The fourth-order valence-corrected chi connectivity index (χ4v) is 2.42. The van der Waals surface area contributed by atoms with E-state index in [0.29, 0.717) is 13.0 Å². The monoisotopic (exact) mass is 370 g/mol. The summed E-state index contributed by atoms with van der Waals surface area (Å²) in [4.78, 5) is 23.7. The molecule has 142 valence electrons. The Hall–Kier alpha value is -3.31. The van der Waals surface area contributed by atoms with E-state index in [2.05, 4.69) is 11.0 Å². The van der Waals surface area contributed by atoms with E-state index in [1.807, 2.05) is 18.2 Å². The molecule has 0 aliphatic carbocycles. The van der Waals surface area contributed by atoms with Crippen LogP contribution in [0.2, 0.25) is 0 Å². The predicted octanol–water partition coefficient (Wildman–Crippen LogP) is 0.822. The van der Waals surface area contributed by atoms with Gasteiger partial charge in [0.15, 0.2) is 5.69 Å². The number of hydrogen-bond donors (Lipinski definition) is 2. The highest BCUT2D eigenvalue weighted by Gasteiger charge is 2.26. The molecule has 27 heavy (non-hydrogen) atoms. The lowest BCUT2D eigenvalue weighted by Gasteiger charge is -2.04. The zero-order chi connectivity index (χ0) is 20.0. The lowest BCUT2D eigenvalue weighted by molar-refractivity contribution is -0.133. The first kappa shape index (κ1) is 20.0. The molecular formula is C19H22N4O4. The van der Waals surface area contributed by atoms with E-state index >= 15 is 0 Å². The molecule has 1 saturated heterocycles. The first-order chi connectivity index (χ1) is 12.9. The summed E-state index contributed by atoms with van der Waals surface area (Å²) in [6, 6.07) is 7.22. The Kier molecular flexibility index (Phi) is 6.57. The number of esters is 1. The first-order valence-corrected chi connectivity index (χ1v) is 8.39. The average molecular weight is 370 g/mol. The molecular weight excluding hydrogens is 348 g/mol. The van der Waals surface area contributed by atoms with Crippen molar-refractivity contribution in [2.24, 2.45) is 0 Å². The molecule has 1 aromatic carbocycles. The molecule has 0 spiro atoms. The van der Waals surface area contributed by atoms with E-state index in [1.165, 1.54) is 9.58 Å². The molecule has 1 aromatic heterocycles. The summed E-state index contributed by atoms with van der Waals surface area (Å²) < 4.78 is 6.38. The van der Waals surface area contributed by atoms with Crippen molar-refractivity contribution >= 4 is 17.6 Å². The van der Waals surface area contributed by atoms with Crippen LogP contribution in [0.15, 0.2) is 30.5 Å². The van der Waals surface area contributed by atoms with Gasteiger partial charge in [-0.1, -0.05) is 12.0 Å². The van der Waals surface area contributed by atoms with Crippen LogP contribution in [-0.2, 0) is 9.53 Å². The van der Waals surface area contributed by atoms with E-state index in [4.69, 9.17) is 22.0 Å². The minimum atomic E-state index is -0.722. The van der Waals surface area contributed by atoms with Crippen LogP contribution in [0.25, 0.3) is 5.69 Å². The molecule has 2 heterocycles. The van der Waals surface area contributed by atoms with Gasteiger partial charge in [0.2, 0.25) is 0 Å². The van der Waals surface area contributed by atoms with Gasteiger partial charge in [0.1, 0.15) is 6.10 Å². The maximum atomic E-state index is 11.6. The SMILES string of the molecule is C#Cc1cccc(-n2cc(N)c(C(=O)OCC)n2)c1.CN1CCC(O)C1=O. The van der Waals surface area contributed by atoms with Crippen LogP contribution in [0.5, 0.6) is 0 Å². The number of terminal acetylenes is 1. The number of ether oxygens (including phenoxy) is 1. The Morgan fingerprint density at radius 3 is 2.78 bits per heavy atom. The number of nitrogens with zero attached hydrogens (tertiary/aromatic N) is 3. The molecule has 3 N–H and O–H groups in total. The molecule has 8 heteroatoms. The number of nitrogen functional groups attached to an aromatic ring is 1. The lowest BCUT2D eigenvalue weighted by atomic mass is 10.2. The standard InChI is InChI=1S/C14H13N3O2.C5H9NO2/c1-3-10-6-5-7-11(8-10)17-9-12(15)13(16-17)14(18)19-4-2;1-6-3-2-4(7)5(6)8/h1,5-9H,4,15H2,2H3;4,7H,2-3H2,1H3. The van der Waals surface area contributed by atoms with Crippen LogP contribution in [0.3, 0.4) is 0 Å². The van der Waals surface area contributed by atoms with Crippen LogP contribution in [0, 0.1) is 12.3 Å². The third kappa shape index (κ3) is 4.86. The van der Waals surface area contributed by atoms with Crippen molar-refractivity contribution in [1.29, 1.82) is 0 Å². The van der Waals surface area contributed by atoms with Crippen molar-refractivity contribution in [3.63, 3.8) is 0 Å². The number of carbonyl (C=O) groups excluding carboxylic acids is 2. The molecule has 0 radical (unpaired) electrons. The minimum Gasteiger partial charge on any atom is -0.461 e. The first-order valence-electron chi connectivity index (χ1n) is 8.39. The molecule has 1 atom stereocenters. The maximum absolute atomic E-state index is 11.6. The van der Waals surface area contributed by atoms with Crippen molar-refractivity contribution in [2.45, 2.75) is 19.4 Å². The van der Waals surface area contributed by atoms with Crippen LogP contribution < -0.4 is 5.73 Å². The Balaban J connectivity index is 0.000000273. The summed E-state index contributed by atoms with van der Waals surface area (Å²) in [6.45, 7) is 2.69. The number of rotatable bonds is 3. The van der Waals surface area contributed by atoms with Gasteiger partial charge in [-0.15, -0.1) is 6.42 Å². The van der Waals surface area contributed by atoms with E-state index in [0.717, 1.165) is 11.3 Å². The minimum absolute atomic E-state index is 0.105. The quantitative estimate of drug-likeness (QED) is 0.611. The number of nitrogens with two attached hydrogens (primary N) is 1. The Labute approximate surface area is 157 Å². The number of benzene rings is 1. The number of likely N-dealkylation sites (tertiary alicyclic amines) is 1. The number of carbonyl (C=O) groups is 2. The molecule has 3 rings (SSSR count). The van der Waals surface area contributed by atoms with Crippen molar-refractivity contribution in [3.8, 4) is 18.0 Å². The topological polar surface area (TPSA) is 111 Å². The van der Waals surface area contributed by atoms with Gasteiger partial charge in [0.05, 0.1) is 24.2 Å². The highest BCUT2D eigenvalue weighted by Crippen LogP contribution is 2.16. The van der Waals surface area contributed by atoms with Gasteiger partial charge in [0.25, 0.3) is 5.91 Å². The smallest absolute Gasteiger partial charge is 0.361 e. The van der Waals surface area contributed by atoms with Gasteiger partial charge >= 0.3 is 5.97 Å². The molecule has 1 unspecified atom stereocenters. The number of anilines is 1. The van der Waals surface area contributed by atoms with Crippen LogP contribution >= 0.6 is 0 Å². The van der Waals surface area contributed by atoms with Crippen molar-refractivity contribution in [1.82, 2.24) is 14.7 Å². The number of hydrogen-bond acceptors (Lipinski definition) is 6. The fourth-order valence-electron chi connectivity index (χ4n) is 2.42. The summed E-state index contributed by atoms with van der Waals surface area (Å²) in [6.07, 6.45) is 6.77. The fraction of sp³-hybridized carbons (Fsp3) is 0.316. The zero-order valence-electron chi connectivity index (χ0n) is 15.3. The van der Waals surface area contributed by atoms with Crippen LogP contribution in [-0.4, -0.2) is 58.0 Å². The van der Waals surface area contributed by atoms with E-state index in [-0.39, 0.29) is 23.9 Å². The Morgan fingerprint density at radius 1 is 1.52 bits per heavy atom. The van der Waals surface area contributed by atoms with Crippen LogP contribution in [0.1, 0.15) is 29.4 Å². The zero-order valence-corrected chi connectivity index (χ0v) is 15.3. The number of likely N-dealkylation sites (N-methyl/N-ethyl adjacent to an activating group) is 1. The second-order valence-electron chi connectivity index (χ2n) is 5.86. The number of aliphatic hydroxyl groups is 1. The molecule has 1 aliphatic rings. The molecule has 0 saturated carbocycles. The maximum Gasteiger partial charge on any atom is 0.361 e. The van der Waals surface area contributed by atoms with Gasteiger partial charge < -0.3 is 20.5 Å². The van der Waals surface area contributed by atoms with E-state index in [9.17, 15) is 9.59 Å². The normalized spacial score (nSPS) is 15.7. The van der Waals surface area contributed by atoms with Crippen molar-refractivity contribution < 1.29 is 19.4 Å². The lowest BCUT2D eigenvalue weighted by Crippen LogP contribution is -2.24. The Morgan fingerprint density at radius 2 is 2.26 bits per heavy atom.